The Morgan fingerprint density at radius 2 is 1.66 bits per heavy atom. The highest BCUT2D eigenvalue weighted by Gasteiger charge is 2.29. The van der Waals surface area contributed by atoms with Crippen molar-refractivity contribution in [1.82, 2.24) is 10.2 Å². The molecule has 0 unspecified atom stereocenters. The molecule has 32 heavy (non-hydrogen) atoms. The summed E-state index contributed by atoms with van der Waals surface area (Å²) in [6, 6.07) is 17.3. The number of nitrogens with one attached hydrogen (secondary N) is 1. The first kappa shape index (κ1) is 21.8. The molecule has 1 aliphatic heterocycles. The SMILES string of the molecule is COc1ccc(C(=O)N2CCC(C(=O)N[C@@H](C)c3ccc(F)cc3)CC2)c2ccccc12. The molecule has 3 aromatic carbocycles. The van der Waals surface area contributed by atoms with Crippen molar-refractivity contribution in [3.05, 3.63) is 77.6 Å². The van der Waals surface area contributed by atoms with Gasteiger partial charge in [-0.15, -0.1) is 0 Å². The Hall–Kier alpha value is -3.41. The first-order valence-corrected chi connectivity index (χ1v) is 10.9. The van der Waals surface area contributed by atoms with Crippen LogP contribution in [0.2, 0.25) is 0 Å². The Balaban J connectivity index is 1.39. The van der Waals surface area contributed by atoms with Crippen molar-refractivity contribution in [2.75, 3.05) is 20.2 Å². The molecule has 1 N–H and O–H groups in total. The van der Waals surface area contributed by atoms with E-state index >= 15 is 0 Å². The maximum Gasteiger partial charge on any atom is 0.254 e. The van der Waals surface area contributed by atoms with Gasteiger partial charge in [0.2, 0.25) is 5.91 Å². The van der Waals surface area contributed by atoms with Crippen molar-refractivity contribution >= 4 is 22.6 Å². The van der Waals surface area contributed by atoms with Gasteiger partial charge in [0.25, 0.3) is 5.91 Å². The summed E-state index contributed by atoms with van der Waals surface area (Å²) in [6.07, 6.45) is 1.23. The van der Waals surface area contributed by atoms with Crippen molar-refractivity contribution in [2.45, 2.75) is 25.8 Å². The summed E-state index contributed by atoms with van der Waals surface area (Å²) in [7, 11) is 1.62. The van der Waals surface area contributed by atoms with Crippen LogP contribution in [0.15, 0.2) is 60.7 Å². The lowest BCUT2D eigenvalue weighted by Gasteiger charge is -2.32. The molecule has 0 aliphatic carbocycles. The van der Waals surface area contributed by atoms with Gasteiger partial charge < -0.3 is 15.0 Å². The number of likely N-dealkylation sites (tertiary alicyclic amines) is 1. The summed E-state index contributed by atoms with van der Waals surface area (Å²) in [5.41, 5.74) is 1.51. The van der Waals surface area contributed by atoms with Crippen LogP contribution in [0.3, 0.4) is 0 Å². The zero-order valence-corrected chi connectivity index (χ0v) is 18.3. The topological polar surface area (TPSA) is 58.6 Å². The predicted octanol–water partition coefficient (Wildman–Crippen LogP) is 4.72. The minimum Gasteiger partial charge on any atom is -0.496 e. The second kappa shape index (κ2) is 9.39. The number of carbonyl (C=O) groups excluding carboxylic acids is 2. The maximum absolute atomic E-state index is 13.2. The van der Waals surface area contributed by atoms with Crippen LogP contribution in [-0.2, 0) is 4.79 Å². The van der Waals surface area contributed by atoms with Gasteiger partial charge in [0.05, 0.1) is 13.2 Å². The fourth-order valence-corrected chi connectivity index (χ4v) is 4.32. The quantitative estimate of drug-likeness (QED) is 0.632. The lowest BCUT2D eigenvalue weighted by molar-refractivity contribution is -0.126. The van der Waals surface area contributed by atoms with E-state index < -0.39 is 0 Å². The highest BCUT2D eigenvalue weighted by molar-refractivity contribution is 6.08. The number of piperidine rings is 1. The van der Waals surface area contributed by atoms with Crippen LogP contribution in [0.5, 0.6) is 5.75 Å². The molecule has 0 spiro atoms. The van der Waals surface area contributed by atoms with Crippen LogP contribution in [0.25, 0.3) is 10.8 Å². The van der Waals surface area contributed by atoms with Gasteiger partial charge in [0, 0.05) is 30.0 Å². The zero-order valence-electron chi connectivity index (χ0n) is 18.3. The lowest BCUT2D eigenvalue weighted by Crippen LogP contribution is -2.43. The van der Waals surface area contributed by atoms with Gasteiger partial charge >= 0.3 is 0 Å². The number of fused-ring (bicyclic) bond motifs is 1. The molecule has 0 radical (unpaired) electrons. The van der Waals surface area contributed by atoms with E-state index in [0.29, 0.717) is 31.5 Å². The van der Waals surface area contributed by atoms with Crippen molar-refractivity contribution in [1.29, 1.82) is 0 Å². The number of nitrogens with zero attached hydrogens (tertiary/aromatic N) is 1. The Bertz CT molecular complexity index is 1120. The minimum absolute atomic E-state index is 0.0242. The number of benzene rings is 3. The predicted molar refractivity (Wildman–Crippen MR) is 122 cm³/mol. The van der Waals surface area contributed by atoms with Crippen molar-refractivity contribution in [3.8, 4) is 5.75 Å². The Morgan fingerprint density at radius 3 is 2.31 bits per heavy atom. The van der Waals surface area contributed by atoms with Crippen molar-refractivity contribution < 1.29 is 18.7 Å². The Morgan fingerprint density at radius 1 is 1.00 bits per heavy atom. The molecule has 0 bridgehead atoms. The van der Waals surface area contributed by atoms with Crippen LogP contribution in [0.1, 0.15) is 41.7 Å². The monoisotopic (exact) mass is 434 g/mol. The molecule has 3 aromatic rings. The third kappa shape index (κ3) is 4.44. The zero-order chi connectivity index (χ0) is 22.7. The number of ether oxygens (including phenoxy) is 1. The molecule has 2 amide bonds. The number of hydrogen-bond acceptors (Lipinski definition) is 3. The first-order chi connectivity index (χ1) is 15.5. The number of carbonyl (C=O) groups is 2. The summed E-state index contributed by atoms with van der Waals surface area (Å²) in [5, 5.41) is 4.79. The second-order valence-electron chi connectivity index (χ2n) is 8.21. The van der Waals surface area contributed by atoms with E-state index in [2.05, 4.69) is 5.32 Å². The van der Waals surface area contributed by atoms with Crippen molar-refractivity contribution in [3.63, 3.8) is 0 Å². The van der Waals surface area contributed by atoms with E-state index in [4.69, 9.17) is 4.74 Å². The molecule has 1 atom stereocenters. The smallest absolute Gasteiger partial charge is 0.254 e. The normalized spacial score (nSPS) is 15.4. The van der Waals surface area contributed by atoms with Gasteiger partial charge in [-0.2, -0.15) is 0 Å². The van der Waals surface area contributed by atoms with Crippen LogP contribution >= 0.6 is 0 Å². The lowest BCUT2D eigenvalue weighted by atomic mass is 9.94. The van der Waals surface area contributed by atoms with E-state index in [1.165, 1.54) is 12.1 Å². The fraction of sp³-hybridized carbons (Fsp3) is 0.308. The van der Waals surface area contributed by atoms with Crippen LogP contribution in [0.4, 0.5) is 4.39 Å². The molecule has 6 heteroatoms. The number of methoxy groups -OCH3 is 1. The number of rotatable bonds is 5. The minimum atomic E-state index is -0.297. The standard InChI is InChI=1S/C26H27FN2O3/c1-17(18-7-9-20(27)10-8-18)28-25(30)19-13-15-29(16-14-19)26(31)23-11-12-24(32-2)22-6-4-3-5-21(22)23/h3-12,17,19H,13-16H2,1-2H3,(H,28,30)/t17-/m0/s1. The molecular formula is C26H27FN2O3. The van der Waals surface area contributed by atoms with E-state index in [0.717, 1.165) is 22.1 Å². The molecule has 1 aliphatic rings. The third-order valence-electron chi connectivity index (χ3n) is 6.22. The summed E-state index contributed by atoms with van der Waals surface area (Å²) in [4.78, 5) is 27.8. The summed E-state index contributed by atoms with van der Waals surface area (Å²) in [5.74, 6) is 0.248. The largest absolute Gasteiger partial charge is 0.496 e. The summed E-state index contributed by atoms with van der Waals surface area (Å²) < 4.78 is 18.6. The molecule has 166 valence electrons. The van der Waals surface area contributed by atoms with Gasteiger partial charge in [-0.05, 0) is 55.0 Å². The number of hydrogen-bond donors (Lipinski definition) is 1. The van der Waals surface area contributed by atoms with Gasteiger partial charge in [0.15, 0.2) is 0 Å². The molecule has 0 saturated carbocycles. The van der Waals surface area contributed by atoms with Crippen LogP contribution in [0, 0.1) is 11.7 Å². The van der Waals surface area contributed by atoms with E-state index in [-0.39, 0.29) is 29.6 Å². The average Bonchev–Trinajstić information content (AvgIpc) is 2.83. The van der Waals surface area contributed by atoms with E-state index in [9.17, 15) is 14.0 Å². The van der Waals surface area contributed by atoms with E-state index in [1.54, 1.807) is 19.2 Å². The second-order valence-corrected chi connectivity index (χ2v) is 8.21. The van der Waals surface area contributed by atoms with Crippen LogP contribution in [-0.4, -0.2) is 36.9 Å². The highest BCUT2D eigenvalue weighted by Crippen LogP contribution is 2.30. The molecule has 5 nitrogen and oxygen atoms in total. The molecular weight excluding hydrogens is 407 g/mol. The highest BCUT2D eigenvalue weighted by atomic mass is 19.1. The molecule has 1 heterocycles. The van der Waals surface area contributed by atoms with Gasteiger partial charge in [-0.1, -0.05) is 36.4 Å². The molecule has 1 saturated heterocycles. The number of amides is 2. The Labute approximate surface area is 187 Å². The molecule has 0 aromatic heterocycles. The van der Waals surface area contributed by atoms with E-state index in [1.807, 2.05) is 48.2 Å². The Kier molecular flexibility index (Phi) is 6.40. The maximum atomic E-state index is 13.2. The van der Waals surface area contributed by atoms with Gasteiger partial charge in [-0.3, -0.25) is 9.59 Å². The fourth-order valence-electron chi connectivity index (χ4n) is 4.32. The molecule has 4 rings (SSSR count). The van der Waals surface area contributed by atoms with Crippen molar-refractivity contribution in [2.24, 2.45) is 5.92 Å². The first-order valence-electron chi connectivity index (χ1n) is 10.9. The van der Waals surface area contributed by atoms with Crippen LogP contribution < -0.4 is 10.1 Å². The third-order valence-corrected chi connectivity index (χ3v) is 6.22. The summed E-state index contributed by atoms with van der Waals surface area (Å²) in [6.45, 7) is 2.95. The summed E-state index contributed by atoms with van der Waals surface area (Å²) >= 11 is 0. The number of halogens is 1. The van der Waals surface area contributed by atoms with Gasteiger partial charge in [-0.25, -0.2) is 4.39 Å². The average molecular weight is 435 g/mol. The van der Waals surface area contributed by atoms with Gasteiger partial charge in [0.1, 0.15) is 11.6 Å². The molecule has 1 fully saturated rings.